The zero-order valence-electron chi connectivity index (χ0n) is 11.7. The van der Waals surface area contributed by atoms with Gasteiger partial charge in [0.25, 0.3) is 5.56 Å². The summed E-state index contributed by atoms with van der Waals surface area (Å²) in [7, 11) is 1.63. The average Bonchev–Trinajstić information content (AvgIpc) is 2.46. The highest BCUT2D eigenvalue weighted by atomic mass is 35.5. The van der Waals surface area contributed by atoms with Crippen LogP contribution in [-0.2, 0) is 7.05 Å². The molecule has 0 bridgehead atoms. The molecule has 1 aromatic carbocycles. The minimum absolute atomic E-state index is 0.113. The zero-order valence-corrected chi connectivity index (χ0v) is 13.2. The maximum absolute atomic E-state index is 14.2. The van der Waals surface area contributed by atoms with Crippen LogP contribution in [-0.4, -0.2) is 14.5 Å². The number of rotatable bonds is 1. The first-order valence-electron chi connectivity index (χ1n) is 6.38. The van der Waals surface area contributed by atoms with Crippen LogP contribution < -0.4 is 5.56 Å². The molecule has 0 amide bonds. The monoisotopic (exact) mass is 337 g/mol. The van der Waals surface area contributed by atoms with Crippen molar-refractivity contribution in [3.05, 3.63) is 56.4 Å². The normalized spacial score (nSPS) is 11.1. The highest BCUT2D eigenvalue weighted by Gasteiger charge is 2.16. The summed E-state index contributed by atoms with van der Waals surface area (Å²) in [5.74, 6) is -0.540. The van der Waals surface area contributed by atoms with E-state index in [1.165, 1.54) is 16.7 Å². The van der Waals surface area contributed by atoms with Gasteiger partial charge in [-0.15, -0.1) is 0 Å². The van der Waals surface area contributed by atoms with Crippen molar-refractivity contribution in [1.29, 1.82) is 0 Å². The molecule has 0 spiro atoms. The number of aromatic nitrogens is 3. The van der Waals surface area contributed by atoms with Crippen LogP contribution in [0.4, 0.5) is 4.39 Å². The molecule has 3 aromatic rings. The van der Waals surface area contributed by atoms with Crippen LogP contribution in [0.2, 0.25) is 10.3 Å². The number of benzene rings is 1. The number of fused-ring (bicyclic) bond motifs is 1. The van der Waals surface area contributed by atoms with Crippen molar-refractivity contribution in [1.82, 2.24) is 14.5 Å². The van der Waals surface area contributed by atoms with E-state index in [1.807, 2.05) is 0 Å². The van der Waals surface area contributed by atoms with E-state index in [4.69, 9.17) is 23.2 Å². The van der Waals surface area contributed by atoms with Crippen molar-refractivity contribution in [2.75, 3.05) is 0 Å². The molecule has 2 heterocycles. The van der Waals surface area contributed by atoms with Crippen LogP contribution in [0.3, 0.4) is 0 Å². The molecular formula is C15H10Cl2FN3O. The van der Waals surface area contributed by atoms with Crippen LogP contribution in [0.25, 0.3) is 22.2 Å². The Morgan fingerprint density at radius 3 is 2.59 bits per heavy atom. The summed E-state index contributed by atoms with van der Waals surface area (Å²) in [5, 5.41) is 0.613. The van der Waals surface area contributed by atoms with Crippen molar-refractivity contribution in [3.8, 4) is 11.3 Å². The summed E-state index contributed by atoms with van der Waals surface area (Å²) in [4.78, 5) is 20.4. The molecule has 4 nitrogen and oxygen atoms in total. The number of aryl methyl sites for hydroxylation is 1. The Bertz CT molecular complexity index is 969. The van der Waals surface area contributed by atoms with Gasteiger partial charge in [-0.3, -0.25) is 4.79 Å². The first-order chi connectivity index (χ1) is 10.4. The lowest BCUT2D eigenvalue weighted by molar-refractivity contribution is 0.631. The predicted molar refractivity (Wildman–Crippen MR) is 84.9 cm³/mol. The third-order valence-corrected chi connectivity index (χ3v) is 3.90. The number of halogens is 3. The Balaban J connectivity index is 2.46. The van der Waals surface area contributed by atoms with Gasteiger partial charge in [-0.25, -0.2) is 14.4 Å². The van der Waals surface area contributed by atoms with E-state index in [2.05, 4.69) is 9.97 Å². The first kappa shape index (κ1) is 14.9. The lowest BCUT2D eigenvalue weighted by Gasteiger charge is -2.10. The molecule has 2 aromatic heterocycles. The summed E-state index contributed by atoms with van der Waals surface area (Å²) in [6.45, 7) is 1.78. The molecule has 3 rings (SSSR count). The lowest BCUT2D eigenvalue weighted by Crippen LogP contribution is -2.20. The quantitative estimate of drug-likeness (QED) is 0.635. The third-order valence-electron chi connectivity index (χ3n) is 3.49. The molecule has 0 N–H and O–H groups in total. The van der Waals surface area contributed by atoms with Gasteiger partial charge in [0.05, 0.1) is 5.69 Å². The van der Waals surface area contributed by atoms with Crippen molar-refractivity contribution in [2.45, 2.75) is 6.92 Å². The molecular weight excluding hydrogens is 328 g/mol. The fourth-order valence-corrected chi connectivity index (χ4v) is 2.58. The van der Waals surface area contributed by atoms with E-state index < -0.39 is 5.82 Å². The molecule has 0 fully saturated rings. The van der Waals surface area contributed by atoms with E-state index in [0.717, 1.165) is 0 Å². The van der Waals surface area contributed by atoms with Crippen LogP contribution in [0.15, 0.2) is 29.1 Å². The van der Waals surface area contributed by atoms with Gasteiger partial charge in [-0.2, -0.15) is 0 Å². The van der Waals surface area contributed by atoms with E-state index in [0.29, 0.717) is 11.1 Å². The van der Waals surface area contributed by atoms with Crippen molar-refractivity contribution in [3.63, 3.8) is 0 Å². The minimum Gasteiger partial charge on any atom is -0.314 e. The highest BCUT2D eigenvalue weighted by Crippen LogP contribution is 2.30. The summed E-state index contributed by atoms with van der Waals surface area (Å²) in [6, 6.07) is 5.97. The van der Waals surface area contributed by atoms with E-state index >= 15 is 0 Å². The molecule has 0 saturated carbocycles. The number of hydrogen-bond acceptors (Lipinski definition) is 3. The molecule has 112 valence electrons. The maximum Gasteiger partial charge on any atom is 0.277 e. The van der Waals surface area contributed by atoms with Crippen molar-refractivity contribution in [2.24, 2.45) is 7.05 Å². The standard InChI is InChI=1S/C15H10Cl2FN3O/c1-7-5-10-12(9-4-3-8(16)6-11(9)18)19-15(17)20-13(10)14(22)21(7)2/h3-6H,1-2H3. The van der Waals surface area contributed by atoms with Crippen LogP contribution >= 0.6 is 23.2 Å². The van der Waals surface area contributed by atoms with Gasteiger partial charge < -0.3 is 4.57 Å². The Labute approximate surface area is 135 Å². The fraction of sp³-hybridized carbons (Fsp3) is 0.133. The summed E-state index contributed by atoms with van der Waals surface area (Å²) in [5.41, 5.74) is 1.03. The summed E-state index contributed by atoms with van der Waals surface area (Å²) < 4.78 is 15.7. The molecule has 0 aliphatic rings. The van der Waals surface area contributed by atoms with E-state index in [9.17, 15) is 9.18 Å². The summed E-state index contributed by atoms with van der Waals surface area (Å²) in [6.07, 6.45) is 0. The average molecular weight is 338 g/mol. The van der Waals surface area contributed by atoms with Crippen LogP contribution in [0, 0.1) is 12.7 Å². The van der Waals surface area contributed by atoms with Gasteiger partial charge in [-0.05, 0) is 42.8 Å². The van der Waals surface area contributed by atoms with Gasteiger partial charge in [-0.1, -0.05) is 11.6 Å². The van der Waals surface area contributed by atoms with Crippen molar-refractivity contribution >= 4 is 34.1 Å². The molecule has 0 saturated heterocycles. The zero-order chi connectivity index (χ0) is 16.0. The Kier molecular flexibility index (Phi) is 3.62. The van der Waals surface area contributed by atoms with Crippen LogP contribution in [0.5, 0.6) is 0 Å². The molecule has 7 heteroatoms. The Hall–Kier alpha value is -1.98. The van der Waals surface area contributed by atoms with Gasteiger partial charge >= 0.3 is 0 Å². The molecule has 0 unspecified atom stereocenters. The molecule has 0 atom stereocenters. The fourth-order valence-electron chi connectivity index (χ4n) is 2.25. The molecule has 0 aliphatic carbocycles. The molecule has 0 radical (unpaired) electrons. The molecule has 0 aliphatic heterocycles. The smallest absolute Gasteiger partial charge is 0.277 e. The SMILES string of the molecule is Cc1cc2c(-c3ccc(Cl)cc3F)nc(Cl)nc2c(=O)n1C. The van der Waals surface area contributed by atoms with Gasteiger partial charge in [0, 0.05) is 28.7 Å². The lowest BCUT2D eigenvalue weighted by atomic mass is 10.1. The number of hydrogen-bond donors (Lipinski definition) is 0. The maximum atomic E-state index is 14.2. The minimum atomic E-state index is -0.540. The van der Waals surface area contributed by atoms with E-state index in [-0.39, 0.29) is 32.6 Å². The molecule has 22 heavy (non-hydrogen) atoms. The van der Waals surface area contributed by atoms with E-state index in [1.54, 1.807) is 26.1 Å². The number of nitrogens with zero attached hydrogens (tertiary/aromatic N) is 3. The predicted octanol–water partition coefficient (Wildman–Crippen LogP) is 3.75. The van der Waals surface area contributed by atoms with Crippen LogP contribution in [0.1, 0.15) is 5.69 Å². The number of pyridine rings is 1. The third kappa shape index (κ3) is 2.36. The Morgan fingerprint density at radius 2 is 1.91 bits per heavy atom. The second-order valence-electron chi connectivity index (χ2n) is 4.88. The van der Waals surface area contributed by atoms with Gasteiger partial charge in [0.2, 0.25) is 5.28 Å². The topological polar surface area (TPSA) is 47.8 Å². The second kappa shape index (κ2) is 5.34. The van der Waals surface area contributed by atoms with Crippen molar-refractivity contribution < 1.29 is 4.39 Å². The largest absolute Gasteiger partial charge is 0.314 e. The van der Waals surface area contributed by atoms with Gasteiger partial charge in [0.15, 0.2) is 0 Å². The second-order valence-corrected chi connectivity index (χ2v) is 5.65. The first-order valence-corrected chi connectivity index (χ1v) is 7.13. The van der Waals surface area contributed by atoms with Gasteiger partial charge in [0.1, 0.15) is 11.3 Å². The summed E-state index contributed by atoms with van der Waals surface area (Å²) >= 11 is 11.7. The Morgan fingerprint density at radius 1 is 1.18 bits per heavy atom. The highest BCUT2D eigenvalue weighted by molar-refractivity contribution is 6.30.